The van der Waals surface area contributed by atoms with Crippen LogP contribution in [-0.2, 0) is 0 Å². The highest BCUT2D eigenvalue weighted by Gasteiger charge is 2.30. The number of amides is 1. The maximum absolute atomic E-state index is 13.7. The second kappa shape index (κ2) is 11.3. The molecule has 1 aromatic heterocycles. The maximum atomic E-state index is 13.7. The number of ether oxygens (including phenoxy) is 3. The number of hydrogen-bond donors (Lipinski definition) is 0. The van der Waals surface area contributed by atoms with Gasteiger partial charge in [-0.2, -0.15) is 0 Å². The van der Waals surface area contributed by atoms with Gasteiger partial charge in [0.2, 0.25) is 0 Å². The van der Waals surface area contributed by atoms with E-state index in [4.69, 9.17) is 14.2 Å². The summed E-state index contributed by atoms with van der Waals surface area (Å²) in [5, 5.41) is 12.2. The molecule has 10 nitrogen and oxygen atoms in total. The van der Waals surface area contributed by atoms with Crippen molar-refractivity contribution in [2.45, 2.75) is 6.92 Å². The number of likely N-dealkylation sites (N-methyl/N-ethyl adjacent to an activating group) is 1. The Morgan fingerprint density at radius 2 is 1.68 bits per heavy atom. The first kappa shape index (κ1) is 27.1. The first-order chi connectivity index (χ1) is 15.7. The number of carbonyl (C=O) groups is 1. The Bertz CT molecular complexity index is 1200. The van der Waals surface area contributed by atoms with E-state index in [-0.39, 0.29) is 41.7 Å². The van der Waals surface area contributed by atoms with Crippen LogP contribution in [-0.4, -0.2) is 69.2 Å². The highest BCUT2D eigenvalue weighted by atomic mass is 35.5. The van der Waals surface area contributed by atoms with Crippen LogP contribution in [0.2, 0.25) is 0 Å². The van der Waals surface area contributed by atoms with E-state index in [0.717, 1.165) is 10.3 Å². The minimum Gasteiger partial charge on any atom is -0.494 e. The quantitative estimate of drug-likeness (QED) is 0.312. The second-order valence-corrected chi connectivity index (χ2v) is 8.48. The van der Waals surface area contributed by atoms with Crippen LogP contribution < -0.4 is 19.1 Å². The first-order valence-corrected chi connectivity index (χ1v) is 10.8. The van der Waals surface area contributed by atoms with Crippen molar-refractivity contribution >= 4 is 50.7 Å². The van der Waals surface area contributed by atoms with Crippen molar-refractivity contribution in [2.24, 2.45) is 0 Å². The molecule has 0 saturated carbocycles. The minimum absolute atomic E-state index is 0. The Balaban J connectivity index is 0.00000408. The summed E-state index contributed by atoms with van der Waals surface area (Å²) in [4.78, 5) is 32.9. The fraction of sp³-hybridized carbons (Fsp3) is 0.364. The van der Waals surface area contributed by atoms with Gasteiger partial charge in [-0.15, -0.1) is 12.4 Å². The number of rotatable bonds is 9. The van der Waals surface area contributed by atoms with Crippen molar-refractivity contribution < 1.29 is 23.9 Å². The summed E-state index contributed by atoms with van der Waals surface area (Å²) in [5.74, 6) is 0.428. The molecule has 34 heavy (non-hydrogen) atoms. The van der Waals surface area contributed by atoms with Crippen molar-refractivity contribution in [3.8, 4) is 17.2 Å². The van der Waals surface area contributed by atoms with Gasteiger partial charge >= 0.3 is 0 Å². The number of thiazole rings is 1. The highest BCUT2D eigenvalue weighted by molar-refractivity contribution is 7.22. The summed E-state index contributed by atoms with van der Waals surface area (Å²) < 4.78 is 16.8. The predicted octanol–water partition coefficient (Wildman–Crippen LogP) is 4.17. The van der Waals surface area contributed by atoms with Crippen molar-refractivity contribution in [1.82, 2.24) is 9.88 Å². The number of nitrogens with zero attached hydrogens (tertiary/aromatic N) is 4. The molecule has 0 radical (unpaired) electrons. The Morgan fingerprint density at radius 3 is 2.24 bits per heavy atom. The monoisotopic (exact) mass is 510 g/mol. The Morgan fingerprint density at radius 1 is 1.06 bits per heavy atom. The lowest BCUT2D eigenvalue weighted by Gasteiger charge is -2.22. The van der Waals surface area contributed by atoms with E-state index in [1.165, 1.54) is 42.6 Å². The molecule has 3 aromatic rings. The van der Waals surface area contributed by atoms with Gasteiger partial charge in [0.25, 0.3) is 11.6 Å². The summed E-state index contributed by atoms with van der Waals surface area (Å²) in [7, 11) is 8.11. The first-order valence-electron chi connectivity index (χ1n) is 10.0. The van der Waals surface area contributed by atoms with E-state index >= 15 is 0 Å². The third kappa shape index (κ3) is 5.32. The zero-order valence-electron chi connectivity index (χ0n) is 19.8. The number of benzene rings is 2. The fourth-order valence-electron chi connectivity index (χ4n) is 3.30. The molecule has 0 aliphatic heterocycles. The molecule has 1 heterocycles. The molecule has 0 N–H and O–H groups in total. The molecule has 184 valence electrons. The van der Waals surface area contributed by atoms with Gasteiger partial charge in [0.1, 0.15) is 16.8 Å². The van der Waals surface area contributed by atoms with Gasteiger partial charge in [0, 0.05) is 19.2 Å². The maximum Gasteiger partial charge on any atom is 0.286 e. The van der Waals surface area contributed by atoms with E-state index in [1.54, 1.807) is 7.11 Å². The molecule has 0 unspecified atom stereocenters. The highest BCUT2D eigenvalue weighted by Crippen LogP contribution is 2.39. The largest absolute Gasteiger partial charge is 0.494 e. The topological polar surface area (TPSA) is 107 Å². The number of nitro benzene ring substituents is 1. The van der Waals surface area contributed by atoms with Crippen molar-refractivity contribution in [1.29, 1.82) is 0 Å². The number of aromatic nitrogens is 1. The van der Waals surface area contributed by atoms with E-state index in [0.29, 0.717) is 22.9 Å². The van der Waals surface area contributed by atoms with E-state index in [1.807, 2.05) is 38.1 Å². The summed E-state index contributed by atoms with van der Waals surface area (Å²) in [6.07, 6.45) is 0. The SMILES string of the molecule is COc1cc(C(=O)N(CCN(C)C)c2nc3c(OC)ccc(C)c3s2)c([N+](=O)[O-])cc1OC.Cl. The Kier molecular flexibility index (Phi) is 9.02. The number of nitro groups is 1. The van der Waals surface area contributed by atoms with Crippen LogP contribution in [0.15, 0.2) is 24.3 Å². The van der Waals surface area contributed by atoms with Gasteiger partial charge in [-0.25, -0.2) is 4.98 Å². The minimum atomic E-state index is -0.606. The van der Waals surface area contributed by atoms with Crippen LogP contribution >= 0.6 is 23.7 Å². The molecule has 1 amide bonds. The molecule has 0 saturated heterocycles. The van der Waals surface area contributed by atoms with Crippen molar-refractivity contribution in [3.05, 3.63) is 45.5 Å². The van der Waals surface area contributed by atoms with Crippen LogP contribution in [0.4, 0.5) is 10.8 Å². The average Bonchev–Trinajstić information content (AvgIpc) is 3.24. The van der Waals surface area contributed by atoms with Crippen LogP contribution in [0, 0.1) is 17.0 Å². The molecule has 0 bridgehead atoms. The average molecular weight is 511 g/mol. The lowest BCUT2D eigenvalue weighted by atomic mass is 10.1. The molecule has 0 spiro atoms. The van der Waals surface area contributed by atoms with Gasteiger partial charge in [0.05, 0.1) is 37.0 Å². The molecule has 3 rings (SSSR count). The van der Waals surface area contributed by atoms with Gasteiger partial charge in [-0.3, -0.25) is 19.8 Å². The van der Waals surface area contributed by atoms with E-state index in [9.17, 15) is 14.9 Å². The van der Waals surface area contributed by atoms with Crippen LogP contribution in [0.5, 0.6) is 17.2 Å². The lowest BCUT2D eigenvalue weighted by Crippen LogP contribution is -2.37. The van der Waals surface area contributed by atoms with Crippen LogP contribution in [0.25, 0.3) is 10.2 Å². The van der Waals surface area contributed by atoms with Gasteiger partial charge in [0.15, 0.2) is 16.6 Å². The van der Waals surface area contributed by atoms with Crippen molar-refractivity contribution in [2.75, 3.05) is 53.4 Å². The van der Waals surface area contributed by atoms with E-state index in [2.05, 4.69) is 4.98 Å². The number of fused-ring (bicyclic) bond motifs is 1. The number of halogens is 1. The third-order valence-corrected chi connectivity index (χ3v) is 6.30. The molecule has 0 aliphatic carbocycles. The van der Waals surface area contributed by atoms with E-state index < -0.39 is 10.8 Å². The normalized spacial score (nSPS) is 10.7. The third-order valence-electron chi connectivity index (χ3n) is 5.09. The molecular weight excluding hydrogens is 484 g/mol. The smallest absolute Gasteiger partial charge is 0.286 e. The van der Waals surface area contributed by atoms with Crippen LogP contribution in [0.3, 0.4) is 0 Å². The summed E-state index contributed by atoms with van der Waals surface area (Å²) in [6.45, 7) is 2.76. The number of methoxy groups -OCH3 is 3. The number of hydrogen-bond acceptors (Lipinski definition) is 9. The molecule has 0 aliphatic rings. The van der Waals surface area contributed by atoms with Gasteiger partial charge in [-0.05, 0) is 32.6 Å². The number of anilines is 1. The standard InChI is InChI=1S/C22H26N4O6S.ClH/c1-13-7-8-16(30-4)19-20(13)33-22(23-19)25(10-9-24(2)3)21(27)14-11-17(31-5)18(32-6)12-15(14)26(28)29;/h7-8,11-12H,9-10H2,1-6H3;1H. The van der Waals surface area contributed by atoms with Crippen LogP contribution in [0.1, 0.15) is 15.9 Å². The summed E-state index contributed by atoms with van der Waals surface area (Å²) in [6, 6.07) is 6.28. The molecule has 12 heteroatoms. The molecule has 2 aromatic carbocycles. The zero-order valence-corrected chi connectivity index (χ0v) is 21.4. The number of carbonyl (C=O) groups excluding carboxylic acids is 1. The number of aryl methyl sites for hydroxylation is 1. The summed E-state index contributed by atoms with van der Waals surface area (Å²) >= 11 is 1.34. The van der Waals surface area contributed by atoms with Crippen molar-refractivity contribution in [3.63, 3.8) is 0 Å². The predicted molar refractivity (Wildman–Crippen MR) is 135 cm³/mol. The molecular formula is C22H27ClN4O6S. The second-order valence-electron chi connectivity index (χ2n) is 7.50. The Hall–Kier alpha value is -3.15. The Labute approximate surface area is 207 Å². The molecule has 0 atom stereocenters. The zero-order chi connectivity index (χ0) is 24.3. The fourth-order valence-corrected chi connectivity index (χ4v) is 4.37. The summed E-state index contributed by atoms with van der Waals surface area (Å²) in [5.41, 5.74) is 1.15. The lowest BCUT2D eigenvalue weighted by molar-refractivity contribution is -0.385. The molecule has 0 fully saturated rings. The van der Waals surface area contributed by atoms with Gasteiger partial charge < -0.3 is 19.1 Å². The van der Waals surface area contributed by atoms with Gasteiger partial charge in [-0.1, -0.05) is 17.4 Å².